The Kier molecular flexibility index (Phi) is 5.67. The highest BCUT2D eigenvalue weighted by molar-refractivity contribution is 4.73. The Bertz CT molecular complexity index is 114. The number of rotatable bonds is 5. The molecule has 0 saturated heterocycles. The molecule has 1 unspecified atom stereocenters. The monoisotopic (exact) mass is 184 g/mol. The lowest BCUT2D eigenvalue weighted by molar-refractivity contribution is 0.207. The predicted octanol–water partition coefficient (Wildman–Crippen LogP) is 4.89. The highest BCUT2D eigenvalue weighted by Gasteiger charge is 2.22. The molecule has 1 atom stereocenters. The van der Waals surface area contributed by atoms with Crippen LogP contribution in [0.25, 0.3) is 0 Å². The second-order valence-corrected chi connectivity index (χ2v) is 5.51. The zero-order chi connectivity index (χ0) is 10.5. The Hall–Kier alpha value is 0. The van der Waals surface area contributed by atoms with Gasteiger partial charge in [-0.3, -0.25) is 0 Å². The van der Waals surface area contributed by atoms with Gasteiger partial charge >= 0.3 is 0 Å². The van der Waals surface area contributed by atoms with Crippen molar-refractivity contribution < 1.29 is 0 Å². The van der Waals surface area contributed by atoms with Gasteiger partial charge in [0.2, 0.25) is 0 Å². The lowest BCUT2D eigenvalue weighted by Crippen LogP contribution is -2.19. The van der Waals surface area contributed by atoms with E-state index in [1.54, 1.807) is 0 Å². The Morgan fingerprint density at radius 2 is 1.15 bits per heavy atom. The van der Waals surface area contributed by atoms with Crippen LogP contribution < -0.4 is 0 Å². The van der Waals surface area contributed by atoms with Crippen molar-refractivity contribution in [1.82, 2.24) is 0 Å². The maximum absolute atomic E-state index is 2.36. The first-order chi connectivity index (χ1) is 5.94. The SMILES string of the molecule is CCC(CC)C(CC)CC(C)(C)C. The topological polar surface area (TPSA) is 0 Å². The minimum absolute atomic E-state index is 0.503. The van der Waals surface area contributed by atoms with Crippen LogP contribution in [0.15, 0.2) is 0 Å². The molecular formula is C13H28. The van der Waals surface area contributed by atoms with Crippen LogP contribution in [0, 0.1) is 17.3 Å². The number of hydrogen-bond donors (Lipinski definition) is 0. The molecule has 0 radical (unpaired) electrons. The Balaban J connectivity index is 4.15. The Morgan fingerprint density at radius 3 is 1.38 bits per heavy atom. The van der Waals surface area contributed by atoms with Crippen LogP contribution in [0.5, 0.6) is 0 Å². The van der Waals surface area contributed by atoms with Gasteiger partial charge in [0.1, 0.15) is 0 Å². The molecule has 0 aliphatic rings. The highest BCUT2D eigenvalue weighted by atomic mass is 14.3. The Labute approximate surface area is 85.1 Å². The van der Waals surface area contributed by atoms with Crippen LogP contribution in [0.2, 0.25) is 0 Å². The van der Waals surface area contributed by atoms with Crippen LogP contribution in [0.1, 0.15) is 67.2 Å². The van der Waals surface area contributed by atoms with Gasteiger partial charge in [-0.25, -0.2) is 0 Å². The summed E-state index contributed by atoms with van der Waals surface area (Å²) in [7, 11) is 0. The van der Waals surface area contributed by atoms with E-state index in [1.165, 1.54) is 25.7 Å². The number of hydrogen-bond acceptors (Lipinski definition) is 0. The molecule has 0 bridgehead atoms. The molecule has 0 aromatic carbocycles. The van der Waals surface area contributed by atoms with E-state index in [-0.39, 0.29) is 0 Å². The Morgan fingerprint density at radius 1 is 0.769 bits per heavy atom. The molecule has 0 heterocycles. The normalized spacial score (nSPS) is 15.0. The summed E-state index contributed by atoms with van der Waals surface area (Å²) in [4.78, 5) is 0. The first-order valence-electron chi connectivity index (χ1n) is 5.94. The largest absolute Gasteiger partial charge is 0.0651 e. The van der Waals surface area contributed by atoms with Crippen LogP contribution in [-0.2, 0) is 0 Å². The van der Waals surface area contributed by atoms with Crippen molar-refractivity contribution in [1.29, 1.82) is 0 Å². The van der Waals surface area contributed by atoms with Gasteiger partial charge in [-0.15, -0.1) is 0 Å². The molecule has 0 heteroatoms. The summed E-state index contributed by atoms with van der Waals surface area (Å²) in [6.45, 7) is 14.1. The molecule has 0 nitrogen and oxygen atoms in total. The van der Waals surface area contributed by atoms with Gasteiger partial charge in [0.15, 0.2) is 0 Å². The van der Waals surface area contributed by atoms with Crippen molar-refractivity contribution in [2.45, 2.75) is 67.2 Å². The van der Waals surface area contributed by atoms with Crippen LogP contribution in [0.4, 0.5) is 0 Å². The van der Waals surface area contributed by atoms with E-state index in [0.29, 0.717) is 5.41 Å². The van der Waals surface area contributed by atoms with Crippen molar-refractivity contribution in [2.24, 2.45) is 17.3 Å². The summed E-state index contributed by atoms with van der Waals surface area (Å²) in [5.41, 5.74) is 0.503. The summed E-state index contributed by atoms with van der Waals surface area (Å²) < 4.78 is 0. The van der Waals surface area contributed by atoms with E-state index in [4.69, 9.17) is 0 Å². The van der Waals surface area contributed by atoms with Crippen molar-refractivity contribution in [3.8, 4) is 0 Å². The maximum Gasteiger partial charge on any atom is -0.0380 e. The maximum atomic E-state index is 2.36. The van der Waals surface area contributed by atoms with Crippen molar-refractivity contribution >= 4 is 0 Å². The van der Waals surface area contributed by atoms with Crippen molar-refractivity contribution in [3.05, 3.63) is 0 Å². The molecule has 0 aliphatic heterocycles. The lowest BCUT2D eigenvalue weighted by atomic mass is 9.75. The van der Waals surface area contributed by atoms with E-state index < -0.39 is 0 Å². The third kappa shape index (κ3) is 5.33. The average molecular weight is 184 g/mol. The van der Waals surface area contributed by atoms with Crippen molar-refractivity contribution in [2.75, 3.05) is 0 Å². The molecule has 0 aliphatic carbocycles. The molecule has 13 heavy (non-hydrogen) atoms. The fourth-order valence-electron chi connectivity index (χ4n) is 2.39. The fraction of sp³-hybridized carbons (Fsp3) is 1.00. The molecule has 0 saturated carbocycles. The van der Waals surface area contributed by atoms with Crippen molar-refractivity contribution in [3.63, 3.8) is 0 Å². The minimum Gasteiger partial charge on any atom is -0.0651 e. The smallest absolute Gasteiger partial charge is 0.0380 e. The molecule has 0 fully saturated rings. The molecule has 0 aromatic heterocycles. The van der Waals surface area contributed by atoms with E-state index >= 15 is 0 Å². The van der Waals surface area contributed by atoms with Crippen LogP contribution >= 0.6 is 0 Å². The van der Waals surface area contributed by atoms with E-state index in [2.05, 4.69) is 41.5 Å². The summed E-state index contributed by atoms with van der Waals surface area (Å²) in [6, 6.07) is 0. The second kappa shape index (κ2) is 5.67. The van der Waals surface area contributed by atoms with Gasteiger partial charge in [-0.1, -0.05) is 60.8 Å². The predicted molar refractivity (Wildman–Crippen MR) is 61.9 cm³/mol. The molecule has 0 aromatic rings. The minimum atomic E-state index is 0.503. The molecule has 0 spiro atoms. The molecule has 0 rings (SSSR count). The fourth-order valence-corrected chi connectivity index (χ4v) is 2.39. The standard InChI is InChI=1S/C13H28/c1-7-11(8-2)12(9-3)10-13(4,5)6/h11-12H,7-10H2,1-6H3. The summed E-state index contributed by atoms with van der Waals surface area (Å²) in [5.74, 6) is 1.89. The van der Waals surface area contributed by atoms with Gasteiger partial charge < -0.3 is 0 Å². The first kappa shape index (κ1) is 13.0. The zero-order valence-corrected chi connectivity index (χ0v) is 10.5. The lowest BCUT2D eigenvalue weighted by Gasteiger charge is -2.30. The first-order valence-corrected chi connectivity index (χ1v) is 5.94. The van der Waals surface area contributed by atoms with Gasteiger partial charge in [-0.05, 0) is 23.7 Å². The average Bonchev–Trinajstić information content (AvgIpc) is 2.02. The van der Waals surface area contributed by atoms with E-state index in [9.17, 15) is 0 Å². The van der Waals surface area contributed by atoms with Gasteiger partial charge in [0.05, 0.1) is 0 Å². The molecule has 0 N–H and O–H groups in total. The van der Waals surface area contributed by atoms with E-state index in [1.807, 2.05) is 0 Å². The van der Waals surface area contributed by atoms with Crippen LogP contribution in [-0.4, -0.2) is 0 Å². The highest BCUT2D eigenvalue weighted by Crippen LogP contribution is 2.33. The second-order valence-electron chi connectivity index (χ2n) is 5.51. The summed E-state index contributed by atoms with van der Waals surface area (Å²) in [6.07, 6.45) is 5.44. The third-order valence-corrected chi connectivity index (χ3v) is 3.11. The molecular weight excluding hydrogens is 156 g/mol. The molecule has 80 valence electrons. The van der Waals surface area contributed by atoms with E-state index in [0.717, 1.165) is 11.8 Å². The molecule has 0 amide bonds. The van der Waals surface area contributed by atoms with Gasteiger partial charge in [0, 0.05) is 0 Å². The van der Waals surface area contributed by atoms with Gasteiger partial charge in [-0.2, -0.15) is 0 Å². The third-order valence-electron chi connectivity index (χ3n) is 3.11. The summed E-state index contributed by atoms with van der Waals surface area (Å²) >= 11 is 0. The van der Waals surface area contributed by atoms with Crippen LogP contribution in [0.3, 0.4) is 0 Å². The summed E-state index contributed by atoms with van der Waals surface area (Å²) in [5, 5.41) is 0. The quantitative estimate of drug-likeness (QED) is 0.571. The zero-order valence-electron chi connectivity index (χ0n) is 10.5. The van der Waals surface area contributed by atoms with Gasteiger partial charge in [0.25, 0.3) is 0 Å².